The molecular formula is C19H31ClN2O2. The SMILES string of the molecule is COc1ccccc1CC1CCCN1C(=O)CCCCCCN.Cl. The van der Waals surface area contributed by atoms with Crippen LogP contribution in [0.3, 0.4) is 0 Å². The zero-order chi connectivity index (χ0) is 16.5. The van der Waals surface area contributed by atoms with E-state index in [9.17, 15) is 4.79 Å². The molecule has 5 heteroatoms. The molecule has 4 nitrogen and oxygen atoms in total. The number of carbonyl (C=O) groups excluding carboxylic acids is 1. The Kier molecular flexibility index (Phi) is 9.80. The quantitative estimate of drug-likeness (QED) is 0.690. The second kappa shape index (κ2) is 11.3. The number of rotatable bonds is 9. The van der Waals surface area contributed by atoms with Gasteiger partial charge in [-0.2, -0.15) is 0 Å². The van der Waals surface area contributed by atoms with Crippen LogP contribution in [0.15, 0.2) is 24.3 Å². The fraction of sp³-hybridized carbons (Fsp3) is 0.632. The van der Waals surface area contributed by atoms with Crippen LogP contribution >= 0.6 is 12.4 Å². The van der Waals surface area contributed by atoms with Crippen molar-refractivity contribution in [3.63, 3.8) is 0 Å². The van der Waals surface area contributed by atoms with Gasteiger partial charge in [0.1, 0.15) is 5.75 Å². The predicted octanol–water partition coefficient (Wildman–Crippen LogP) is 3.56. The van der Waals surface area contributed by atoms with Crippen LogP contribution in [-0.2, 0) is 11.2 Å². The summed E-state index contributed by atoms with van der Waals surface area (Å²) in [7, 11) is 1.71. The Labute approximate surface area is 152 Å². The fourth-order valence-electron chi connectivity index (χ4n) is 3.42. The lowest BCUT2D eigenvalue weighted by molar-refractivity contribution is -0.132. The Morgan fingerprint density at radius 2 is 2.00 bits per heavy atom. The van der Waals surface area contributed by atoms with Crippen LogP contribution in [0.1, 0.15) is 50.5 Å². The number of carbonyl (C=O) groups is 1. The first-order valence-electron chi connectivity index (χ1n) is 8.87. The molecule has 0 aromatic heterocycles. The summed E-state index contributed by atoms with van der Waals surface area (Å²) in [5.41, 5.74) is 6.70. The predicted molar refractivity (Wildman–Crippen MR) is 101 cm³/mol. The molecular weight excluding hydrogens is 324 g/mol. The summed E-state index contributed by atoms with van der Waals surface area (Å²) < 4.78 is 5.44. The van der Waals surface area contributed by atoms with Crippen molar-refractivity contribution in [1.29, 1.82) is 0 Å². The van der Waals surface area contributed by atoms with Gasteiger partial charge < -0.3 is 15.4 Å². The Bertz CT molecular complexity index is 496. The van der Waals surface area contributed by atoms with Crippen molar-refractivity contribution in [3.05, 3.63) is 29.8 Å². The number of nitrogens with two attached hydrogens (primary N) is 1. The average Bonchev–Trinajstić information content (AvgIpc) is 3.03. The number of methoxy groups -OCH3 is 1. The molecule has 1 aromatic carbocycles. The van der Waals surface area contributed by atoms with Crippen molar-refractivity contribution in [1.82, 2.24) is 4.90 Å². The Hall–Kier alpha value is -1.26. The van der Waals surface area contributed by atoms with Crippen molar-refractivity contribution >= 4 is 18.3 Å². The second-order valence-corrected chi connectivity index (χ2v) is 6.35. The van der Waals surface area contributed by atoms with E-state index in [1.807, 2.05) is 18.2 Å². The van der Waals surface area contributed by atoms with E-state index in [-0.39, 0.29) is 12.4 Å². The van der Waals surface area contributed by atoms with Crippen molar-refractivity contribution in [2.45, 2.75) is 57.4 Å². The summed E-state index contributed by atoms with van der Waals surface area (Å²) >= 11 is 0. The third kappa shape index (κ3) is 5.99. The summed E-state index contributed by atoms with van der Waals surface area (Å²) in [6, 6.07) is 8.45. The highest BCUT2D eigenvalue weighted by molar-refractivity contribution is 5.85. The van der Waals surface area contributed by atoms with E-state index in [2.05, 4.69) is 11.0 Å². The van der Waals surface area contributed by atoms with Gasteiger partial charge in [0, 0.05) is 19.0 Å². The Balaban J connectivity index is 0.00000288. The normalized spacial score (nSPS) is 16.8. The monoisotopic (exact) mass is 354 g/mol. The summed E-state index contributed by atoms with van der Waals surface area (Å²) in [5, 5.41) is 0. The van der Waals surface area contributed by atoms with Gasteiger partial charge >= 0.3 is 0 Å². The third-order valence-electron chi connectivity index (χ3n) is 4.69. The van der Waals surface area contributed by atoms with Gasteiger partial charge in [-0.05, 0) is 50.3 Å². The lowest BCUT2D eigenvalue weighted by atomic mass is 10.0. The molecule has 2 N–H and O–H groups in total. The minimum Gasteiger partial charge on any atom is -0.496 e. The maximum absolute atomic E-state index is 12.5. The number of para-hydroxylation sites is 1. The van der Waals surface area contributed by atoms with E-state index < -0.39 is 0 Å². The van der Waals surface area contributed by atoms with E-state index in [0.717, 1.165) is 63.8 Å². The van der Waals surface area contributed by atoms with Gasteiger partial charge in [0.25, 0.3) is 0 Å². The smallest absolute Gasteiger partial charge is 0.222 e. The highest BCUT2D eigenvalue weighted by Gasteiger charge is 2.28. The lowest BCUT2D eigenvalue weighted by Gasteiger charge is -2.25. The lowest BCUT2D eigenvalue weighted by Crippen LogP contribution is -2.36. The molecule has 1 aliphatic heterocycles. The standard InChI is InChI=1S/C19H30N2O2.ClH/c1-23-18-11-6-5-9-16(18)15-17-10-8-14-21(17)19(22)12-4-2-3-7-13-20;/h5-6,9,11,17H,2-4,7-8,10,12-15,20H2,1H3;1H. The largest absolute Gasteiger partial charge is 0.496 e. The molecule has 1 saturated heterocycles. The number of halogens is 1. The van der Waals surface area contributed by atoms with Crippen LogP contribution in [0.5, 0.6) is 5.75 Å². The van der Waals surface area contributed by atoms with Gasteiger partial charge in [-0.15, -0.1) is 12.4 Å². The Morgan fingerprint density at radius 1 is 1.25 bits per heavy atom. The summed E-state index contributed by atoms with van der Waals surface area (Å²) in [6.07, 6.45) is 8.05. The first-order chi connectivity index (χ1) is 11.3. The Morgan fingerprint density at radius 3 is 2.75 bits per heavy atom. The minimum atomic E-state index is 0. The molecule has 136 valence electrons. The minimum absolute atomic E-state index is 0. The molecule has 1 aliphatic rings. The number of amides is 1. The average molecular weight is 355 g/mol. The first-order valence-corrected chi connectivity index (χ1v) is 8.87. The third-order valence-corrected chi connectivity index (χ3v) is 4.69. The number of hydrogen-bond acceptors (Lipinski definition) is 3. The van der Waals surface area contributed by atoms with Crippen LogP contribution in [0.25, 0.3) is 0 Å². The molecule has 0 spiro atoms. The molecule has 1 aromatic rings. The number of likely N-dealkylation sites (tertiary alicyclic amines) is 1. The molecule has 0 radical (unpaired) electrons. The van der Waals surface area contributed by atoms with Gasteiger partial charge in [0.05, 0.1) is 7.11 Å². The summed E-state index contributed by atoms with van der Waals surface area (Å²) in [6.45, 7) is 1.66. The van der Waals surface area contributed by atoms with Crippen LogP contribution in [0.4, 0.5) is 0 Å². The maximum Gasteiger partial charge on any atom is 0.222 e. The highest BCUT2D eigenvalue weighted by atomic mass is 35.5. The second-order valence-electron chi connectivity index (χ2n) is 6.35. The molecule has 2 rings (SSSR count). The molecule has 0 aliphatic carbocycles. The van der Waals surface area contributed by atoms with Crippen molar-refractivity contribution in [2.75, 3.05) is 20.2 Å². The van der Waals surface area contributed by atoms with Crippen LogP contribution in [0, 0.1) is 0 Å². The van der Waals surface area contributed by atoms with Crippen molar-refractivity contribution in [3.8, 4) is 5.75 Å². The molecule has 1 atom stereocenters. The molecule has 1 heterocycles. The van der Waals surface area contributed by atoms with Crippen molar-refractivity contribution in [2.24, 2.45) is 5.73 Å². The van der Waals surface area contributed by atoms with Gasteiger partial charge in [0.2, 0.25) is 5.91 Å². The van der Waals surface area contributed by atoms with E-state index in [1.54, 1.807) is 7.11 Å². The van der Waals surface area contributed by atoms with Gasteiger partial charge in [-0.25, -0.2) is 0 Å². The zero-order valence-corrected chi connectivity index (χ0v) is 15.5. The molecule has 0 bridgehead atoms. The van der Waals surface area contributed by atoms with Crippen LogP contribution in [0.2, 0.25) is 0 Å². The number of benzene rings is 1. The number of hydrogen-bond donors (Lipinski definition) is 1. The van der Waals surface area contributed by atoms with Gasteiger partial charge in [0.15, 0.2) is 0 Å². The van der Waals surface area contributed by atoms with E-state index in [4.69, 9.17) is 10.5 Å². The molecule has 24 heavy (non-hydrogen) atoms. The van der Waals surface area contributed by atoms with Crippen LogP contribution < -0.4 is 10.5 Å². The molecule has 0 saturated carbocycles. The van der Waals surface area contributed by atoms with Crippen LogP contribution in [-0.4, -0.2) is 37.0 Å². The topological polar surface area (TPSA) is 55.6 Å². The van der Waals surface area contributed by atoms with E-state index in [1.165, 1.54) is 5.56 Å². The number of nitrogens with zero attached hydrogens (tertiary/aromatic N) is 1. The van der Waals surface area contributed by atoms with Gasteiger partial charge in [-0.3, -0.25) is 4.79 Å². The van der Waals surface area contributed by atoms with Gasteiger partial charge in [-0.1, -0.05) is 31.0 Å². The fourth-order valence-corrected chi connectivity index (χ4v) is 3.42. The molecule has 1 fully saturated rings. The maximum atomic E-state index is 12.5. The summed E-state index contributed by atoms with van der Waals surface area (Å²) in [5.74, 6) is 1.24. The summed E-state index contributed by atoms with van der Waals surface area (Å²) in [4.78, 5) is 14.6. The zero-order valence-electron chi connectivity index (χ0n) is 14.7. The number of unbranched alkanes of at least 4 members (excludes halogenated alkanes) is 3. The molecule has 1 unspecified atom stereocenters. The van der Waals surface area contributed by atoms with E-state index >= 15 is 0 Å². The van der Waals surface area contributed by atoms with Crippen molar-refractivity contribution < 1.29 is 9.53 Å². The molecule has 1 amide bonds. The number of ether oxygens (including phenoxy) is 1. The first kappa shape index (κ1) is 20.8. The highest BCUT2D eigenvalue weighted by Crippen LogP contribution is 2.26. The van der Waals surface area contributed by atoms with E-state index in [0.29, 0.717) is 18.4 Å².